The van der Waals surface area contributed by atoms with Crippen molar-refractivity contribution in [1.29, 1.82) is 0 Å². The normalized spacial score (nSPS) is 22.4. The number of rotatable bonds is 6. The van der Waals surface area contributed by atoms with Gasteiger partial charge in [0.1, 0.15) is 0 Å². The lowest BCUT2D eigenvalue weighted by atomic mass is 9.76. The van der Waals surface area contributed by atoms with Crippen LogP contribution in [0.15, 0.2) is 0 Å². The second-order valence-electron chi connectivity index (χ2n) is 5.95. The van der Waals surface area contributed by atoms with Crippen LogP contribution in [-0.4, -0.2) is 67.2 Å². The first-order valence-electron chi connectivity index (χ1n) is 7.23. The second kappa shape index (κ2) is 6.92. The van der Waals surface area contributed by atoms with Crippen LogP contribution in [0.3, 0.4) is 0 Å². The number of likely N-dealkylation sites (tertiary alicyclic amines) is 1. The molecule has 6 heteroatoms. The molecule has 116 valence electrons. The molecule has 1 saturated heterocycles. The monoisotopic (exact) mass is 285 g/mol. The highest BCUT2D eigenvalue weighted by molar-refractivity contribution is 5.80. The fourth-order valence-electron chi connectivity index (χ4n) is 2.72. The summed E-state index contributed by atoms with van der Waals surface area (Å²) in [6, 6.07) is -0.0649. The Labute approximate surface area is 121 Å². The summed E-state index contributed by atoms with van der Waals surface area (Å²) in [6.45, 7) is 6.22. The first-order chi connectivity index (χ1) is 9.35. The fourth-order valence-corrected chi connectivity index (χ4v) is 2.72. The number of carboxylic acids is 1. The largest absolute Gasteiger partial charge is 0.481 e. The molecule has 2 amide bonds. The van der Waals surface area contributed by atoms with Crippen LogP contribution < -0.4 is 5.32 Å². The van der Waals surface area contributed by atoms with Crippen molar-refractivity contribution < 1.29 is 14.7 Å². The van der Waals surface area contributed by atoms with Gasteiger partial charge in [0.25, 0.3) is 0 Å². The summed E-state index contributed by atoms with van der Waals surface area (Å²) in [5, 5.41) is 12.5. The topological polar surface area (TPSA) is 72.9 Å². The zero-order valence-corrected chi connectivity index (χ0v) is 13.0. The molecule has 1 aliphatic heterocycles. The summed E-state index contributed by atoms with van der Waals surface area (Å²) >= 11 is 0. The van der Waals surface area contributed by atoms with Gasteiger partial charge in [-0.3, -0.25) is 4.79 Å². The van der Waals surface area contributed by atoms with Gasteiger partial charge in [0, 0.05) is 26.7 Å². The van der Waals surface area contributed by atoms with Crippen molar-refractivity contribution in [1.82, 2.24) is 15.1 Å². The van der Waals surface area contributed by atoms with Crippen LogP contribution in [0.4, 0.5) is 4.79 Å². The maximum Gasteiger partial charge on any atom is 0.319 e. The van der Waals surface area contributed by atoms with E-state index in [1.54, 1.807) is 16.8 Å². The summed E-state index contributed by atoms with van der Waals surface area (Å²) in [7, 11) is 3.65. The lowest BCUT2D eigenvalue weighted by molar-refractivity contribution is -0.150. The van der Waals surface area contributed by atoms with E-state index in [2.05, 4.69) is 5.32 Å². The van der Waals surface area contributed by atoms with Crippen molar-refractivity contribution in [2.75, 3.05) is 40.3 Å². The number of carbonyl (C=O) groups excluding carboxylic acids is 1. The molecule has 2 N–H and O–H groups in total. The molecule has 6 nitrogen and oxygen atoms in total. The van der Waals surface area contributed by atoms with Gasteiger partial charge in [0.15, 0.2) is 0 Å². The Kier molecular flexibility index (Phi) is 5.80. The minimum Gasteiger partial charge on any atom is -0.481 e. The molecule has 0 spiro atoms. The highest BCUT2D eigenvalue weighted by Crippen LogP contribution is 2.38. The van der Waals surface area contributed by atoms with Gasteiger partial charge in [0.05, 0.1) is 5.41 Å². The Morgan fingerprint density at radius 1 is 1.45 bits per heavy atom. The molecular formula is C14H27N3O3. The van der Waals surface area contributed by atoms with Crippen molar-refractivity contribution in [3.05, 3.63) is 0 Å². The first-order valence-corrected chi connectivity index (χ1v) is 7.23. The minimum absolute atomic E-state index is 0.0207. The number of carboxylic acid groups (broad SMARTS) is 1. The molecule has 0 aliphatic carbocycles. The average molecular weight is 285 g/mol. The van der Waals surface area contributed by atoms with Gasteiger partial charge in [-0.1, -0.05) is 13.8 Å². The summed E-state index contributed by atoms with van der Waals surface area (Å²) < 4.78 is 0. The maximum atomic E-state index is 12.3. The van der Waals surface area contributed by atoms with E-state index in [0.29, 0.717) is 26.1 Å². The highest BCUT2D eigenvalue weighted by atomic mass is 16.4. The Balaban J connectivity index is 2.62. The molecule has 0 aromatic carbocycles. The van der Waals surface area contributed by atoms with E-state index in [1.165, 1.54) is 0 Å². The first kappa shape index (κ1) is 16.8. The standard InChI is InChI=1S/C14H27N3O3/c1-11(2)14(12(18)19)6-9-17(10-14)13(20)16(4)8-5-7-15-3/h11,15H,5-10H2,1-4H3,(H,18,19). The van der Waals surface area contributed by atoms with Gasteiger partial charge in [0.2, 0.25) is 0 Å². The third-order valence-electron chi connectivity index (χ3n) is 4.35. The minimum atomic E-state index is -0.791. The Morgan fingerprint density at radius 3 is 2.55 bits per heavy atom. The average Bonchev–Trinajstić information content (AvgIpc) is 2.84. The predicted molar refractivity (Wildman–Crippen MR) is 77.7 cm³/mol. The number of amides is 2. The molecule has 1 unspecified atom stereocenters. The van der Waals surface area contributed by atoms with E-state index >= 15 is 0 Å². The van der Waals surface area contributed by atoms with Crippen LogP contribution in [0.5, 0.6) is 0 Å². The number of urea groups is 1. The Morgan fingerprint density at radius 2 is 2.10 bits per heavy atom. The molecule has 0 radical (unpaired) electrons. The molecule has 1 heterocycles. The van der Waals surface area contributed by atoms with E-state index in [0.717, 1.165) is 13.0 Å². The van der Waals surface area contributed by atoms with Crippen LogP contribution in [-0.2, 0) is 4.79 Å². The van der Waals surface area contributed by atoms with Crippen LogP contribution >= 0.6 is 0 Å². The Bertz CT molecular complexity index is 360. The molecule has 0 aromatic heterocycles. The fraction of sp³-hybridized carbons (Fsp3) is 0.857. The van der Waals surface area contributed by atoms with Gasteiger partial charge in [-0.25, -0.2) is 4.79 Å². The van der Waals surface area contributed by atoms with Gasteiger partial charge in [-0.15, -0.1) is 0 Å². The quantitative estimate of drug-likeness (QED) is 0.716. The van der Waals surface area contributed by atoms with E-state index in [9.17, 15) is 14.7 Å². The number of hydrogen-bond donors (Lipinski definition) is 2. The predicted octanol–water partition coefficient (Wildman–Crippen LogP) is 1.08. The Hall–Kier alpha value is -1.30. The van der Waals surface area contributed by atoms with E-state index in [-0.39, 0.29) is 11.9 Å². The number of nitrogens with zero attached hydrogens (tertiary/aromatic N) is 2. The van der Waals surface area contributed by atoms with Gasteiger partial charge < -0.3 is 20.2 Å². The van der Waals surface area contributed by atoms with Crippen molar-refractivity contribution in [2.45, 2.75) is 26.7 Å². The van der Waals surface area contributed by atoms with Crippen LogP contribution in [0, 0.1) is 11.3 Å². The van der Waals surface area contributed by atoms with Crippen LogP contribution in [0.25, 0.3) is 0 Å². The lowest BCUT2D eigenvalue weighted by Crippen LogP contribution is -2.44. The number of nitrogens with one attached hydrogen (secondary N) is 1. The van der Waals surface area contributed by atoms with Gasteiger partial charge in [-0.2, -0.15) is 0 Å². The van der Waals surface area contributed by atoms with Crippen molar-refractivity contribution in [3.63, 3.8) is 0 Å². The van der Waals surface area contributed by atoms with E-state index in [1.807, 2.05) is 20.9 Å². The van der Waals surface area contributed by atoms with Crippen molar-refractivity contribution in [3.8, 4) is 0 Å². The van der Waals surface area contributed by atoms with Crippen LogP contribution in [0.1, 0.15) is 26.7 Å². The van der Waals surface area contributed by atoms with E-state index < -0.39 is 11.4 Å². The highest BCUT2D eigenvalue weighted by Gasteiger charge is 2.48. The molecule has 0 saturated carbocycles. The molecule has 1 rings (SSSR count). The third-order valence-corrected chi connectivity index (χ3v) is 4.35. The lowest BCUT2D eigenvalue weighted by Gasteiger charge is -2.30. The van der Waals surface area contributed by atoms with Crippen molar-refractivity contribution >= 4 is 12.0 Å². The second-order valence-corrected chi connectivity index (χ2v) is 5.95. The third kappa shape index (κ3) is 3.42. The summed E-state index contributed by atoms with van der Waals surface area (Å²) in [6.07, 6.45) is 1.43. The number of aliphatic carboxylic acids is 1. The molecule has 1 fully saturated rings. The molecule has 0 aromatic rings. The summed E-state index contributed by atoms with van der Waals surface area (Å²) in [5.41, 5.74) is -0.790. The molecule has 1 atom stereocenters. The molecule has 0 bridgehead atoms. The molecule has 20 heavy (non-hydrogen) atoms. The smallest absolute Gasteiger partial charge is 0.319 e. The number of carbonyl (C=O) groups is 2. The summed E-state index contributed by atoms with van der Waals surface area (Å²) in [4.78, 5) is 27.2. The van der Waals surface area contributed by atoms with Crippen molar-refractivity contribution in [2.24, 2.45) is 11.3 Å². The molecular weight excluding hydrogens is 258 g/mol. The zero-order chi connectivity index (χ0) is 15.3. The van der Waals surface area contributed by atoms with E-state index in [4.69, 9.17) is 0 Å². The van der Waals surface area contributed by atoms with Gasteiger partial charge >= 0.3 is 12.0 Å². The number of hydrogen-bond acceptors (Lipinski definition) is 3. The van der Waals surface area contributed by atoms with Gasteiger partial charge in [-0.05, 0) is 32.4 Å². The maximum absolute atomic E-state index is 12.3. The van der Waals surface area contributed by atoms with Crippen LogP contribution in [0.2, 0.25) is 0 Å². The molecule has 1 aliphatic rings. The summed E-state index contributed by atoms with van der Waals surface area (Å²) in [5.74, 6) is -0.770. The SMILES string of the molecule is CNCCCN(C)C(=O)N1CCC(C(=O)O)(C(C)C)C1. The zero-order valence-electron chi connectivity index (χ0n) is 13.0.